The smallest absolute Gasteiger partial charge is 0.279 e. The van der Waals surface area contributed by atoms with Gasteiger partial charge in [0.25, 0.3) is 5.91 Å². The first-order chi connectivity index (χ1) is 17.3. The second-order valence-corrected chi connectivity index (χ2v) is 10.8. The lowest BCUT2D eigenvalue weighted by Crippen LogP contribution is -2.29. The lowest BCUT2D eigenvalue weighted by molar-refractivity contribution is 0.0944. The van der Waals surface area contributed by atoms with Crippen molar-refractivity contribution < 1.29 is 13.2 Å². The number of hydrogen-bond acceptors (Lipinski definition) is 6. The average Bonchev–Trinajstić information content (AvgIpc) is 3.42. The summed E-state index contributed by atoms with van der Waals surface area (Å²) in [5.41, 5.74) is 2.96. The fourth-order valence-corrected chi connectivity index (χ4v) is 6.29. The molecule has 1 aliphatic heterocycles. The Bertz CT molecular complexity index is 1530. The van der Waals surface area contributed by atoms with E-state index in [2.05, 4.69) is 10.4 Å². The molecule has 0 saturated carbocycles. The van der Waals surface area contributed by atoms with Crippen LogP contribution in [0.5, 0.6) is 0 Å². The molecule has 36 heavy (non-hydrogen) atoms. The van der Waals surface area contributed by atoms with Crippen LogP contribution in [0.3, 0.4) is 0 Å². The van der Waals surface area contributed by atoms with Crippen LogP contribution in [0, 0.1) is 0 Å². The van der Waals surface area contributed by atoms with Crippen LogP contribution in [0.1, 0.15) is 34.7 Å². The Kier molecular flexibility index (Phi) is 6.38. The number of nitrogens with zero attached hydrogens (tertiary/aromatic N) is 3. The number of anilines is 1. The van der Waals surface area contributed by atoms with Crippen LogP contribution in [0.25, 0.3) is 21.9 Å². The molecule has 1 saturated heterocycles. The maximum Gasteiger partial charge on any atom is 0.279 e. The predicted octanol–water partition coefficient (Wildman–Crippen LogP) is 3.57. The van der Waals surface area contributed by atoms with Crippen molar-refractivity contribution in [1.82, 2.24) is 15.1 Å². The molecule has 0 amide bonds. The molecule has 2 heterocycles. The number of hydrogen-bond donors (Lipinski definition) is 2. The fraction of sp³-hybridized carbons (Fsp3) is 0.259. The Morgan fingerprint density at radius 3 is 2.39 bits per heavy atom. The molecule has 0 bridgehead atoms. The largest absolute Gasteiger partial charge is 0.377 e. The average molecular weight is 504 g/mol. The summed E-state index contributed by atoms with van der Waals surface area (Å²) in [6.45, 7) is 1.62. The van der Waals surface area contributed by atoms with Gasteiger partial charge in [0.2, 0.25) is 10.0 Å². The number of rotatable bonds is 5. The van der Waals surface area contributed by atoms with Gasteiger partial charge in [-0.1, -0.05) is 42.5 Å². The van der Waals surface area contributed by atoms with Crippen molar-refractivity contribution in [1.29, 1.82) is 0 Å². The summed E-state index contributed by atoms with van der Waals surface area (Å²) in [6, 6.07) is 16.4. The van der Waals surface area contributed by atoms with E-state index in [1.54, 1.807) is 18.3 Å². The molecule has 5 rings (SSSR count). The third kappa shape index (κ3) is 4.19. The highest BCUT2D eigenvalue weighted by Gasteiger charge is 2.34. The second kappa shape index (κ2) is 9.50. The monoisotopic (exact) mass is 503 g/mol. The molecular formula is C27H29N5O3S. The number of carbonyl (C=O) groups is 1. The van der Waals surface area contributed by atoms with Crippen molar-refractivity contribution in [3.63, 3.8) is 0 Å². The minimum atomic E-state index is -4.24. The van der Waals surface area contributed by atoms with Crippen LogP contribution >= 0.6 is 0 Å². The van der Waals surface area contributed by atoms with E-state index in [1.165, 1.54) is 10.9 Å². The summed E-state index contributed by atoms with van der Waals surface area (Å²) in [4.78, 5) is 16.1. The highest BCUT2D eigenvalue weighted by atomic mass is 32.2. The van der Waals surface area contributed by atoms with Crippen LogP contribution in [0.15, 0.2) is 71.9 Å². The SMILES string of the molecule is CN(C)c1cccc2c(S(N)(=O)=O)c(-c3ccccc3)c(C(=O)n3cccn3)c(C3CCNCC3)c12. The normalized spacial score (nSPS) is 14.8. The minimum Gasteiger partial charge on any atom is -0.377 e. The summed E-state index contributed by atoms with van der Waals surface area (Å²) >= 11 is 0. The first-order valence-corrected chi connectivity index (χ1v) is 13.5. The Balaban J connectivity index is 2.06. The molecule has 0 atom stereocenters. The number of primary sulfonamides is 1. The number of nitrogens with one attached hydrogen (secondary N) is 1. The van der Waals surface area contributed by atoms with Crippen LogP contribution in [0.4, 0.5) is 5.69 Å². The summed E-state index contributed by atoms with van der Waals surface area (Å²) in [5, 5.41) is 14.8. The van der Waals surface area contributed by atoms with Crippen molar-refractivity contribution in [2.45, 2.75) is 23.7 Å². The van der Waals surface area contributed by atoms with Gasteiger partial charge in [0.15, 0.2) is 0 Å². The van der Waals surface area contributed by atoms with Gasteiger partial charge in [0.05, 0.1) is 10.5 Å². The van der Waals surface area contributed by atoms with E-state index in [0.29, 0.717) is 22.1 Å². The third-order valence-electron chi connectivity index (χ3n) is 6.81. The predicted molar refractivity (Wildman–Crippen MR) is 142 cm³/mol. The fourth-order valence-electron chi connectivity index (χ4n) is 5.31. The topological polar surface area (TPSA) is 110 Å². The van der Waals surface area contributed by atoms with E-state index < -0.39 is 10.0 Å². The maximum absolute atomic E-state index is 14.2. The summed E-state index contributed by atoms with van der Waals surface area (Å²) in [6.07, 6.45) is 4.76. The van der Waals surface area contributed by atoms with E-state index in [0.717, 1.165) is 42.6 Å². The molecule has 186 valence electrons. The first-order valence-electron chi connectivity index (χ1n) is 11.9. The number of fused-ring (bicyclic) bond motifs is 1. The number of piperidine rings is 1. The van der Waals surface area contributed by atoms with Gasteiger partial charge in [0, 0.05) is 48.5 Å². The van der Waals surface area contributed by atoms with E-state index in [-0.39, 0.29) is 16.7 Å². The Morgan fingerprint density at radius 1 is 1.06 bits per heavy atom. The van der Waals surface area contributed by atoms with Crippen LogP contribution in [-0.2, 0) is 10.0 Å². The Hall–Kier alpha value is -3.53. The summed E-state index contributed by atoms with van der Waals surface area (Å²) in [7, 11) is -0.407. The molecule has 1 fully saturated rings. The summed E-state index contributed by atoms with van der Waals surface area (Å²) in [5.74, 6) is -0.339. The van der Waals surface area contributed by atoms with E-state index in [9.17, 15) is 13.2 Å². The van der Waals surface area contributed by atoms with E-state index in [1.807, 2.05) is 61.5 Å². The lowest BCUT2D eigenvalue weighted by atomic mass is 9.79. The molecule has 8 nitrogen and oxygen atoms in total. The molecule has 0 unspecified atom stereocenters. The molecule has 3 N–H and O–H groups in total. The van der Waals surface area contributed by atoms with E-state index >= 15 is 0 Å². The Morgan fingerprint density at radius 2 is 1.78 bits per heavy atom. The van der Waals surface area contributed by atoms with Crippen molar-refractivity contribution >= 4 is 32.4 Å². The molecule has 0 radical (unpaired) electrons. The zero-order chi connectivity index (χ0) is 25.4. The molecule has 0 aliphatic carbocycles. The number of carbonyl (C=O) groups excluding carboxylic acids is 1. The standard InChI is InChI=1S/C27H29N5O3S/c1-31(2)21-11-6-10-20-24(21)22(19-12-15-29-16-13-19)25(27(33)32-17-7-14-30-32)23(26(20)36(28,34)35)18-8-4-3-5-9-18/h3-11,14,17,19,29H,12-13,15-16H2,1-2H3,(H2,28,34,35). The molecule has 1 aliphatic rings. The molecule has 4 aromatic rings. The van der Waals surface area contributed by atoms with Gasteiger partial charge in [-0.3, -0.25) is 4.79 Å². The highest BCUT2D eigenvalue weighted by molar-refractivity contribution is 7.89. The first kappa shape index (κ1) is 24.2. The molecule has 1 aromatic heterocycles. The molecule has 9 heteroatoms. The molecule has 0 spiro atoms. The van der Waals surface area contributed by atoms with Gasteiger partial charge in [-0.25, -0.2) is 18.2 Å². The van der Waals surface area contributed by atoms with Gasteiger partial charge >= 0.3 is 0 Å². The van der Waals surface area contributed by atoms with Gasteiger partial charge in [0.1, 0.15) is 0 Å². The molecular weight excluding hydrogens is 474 g/mol. The quantitative estimate of drug-likeness (QED) is 0.431. The van der Waals surface area contributed by atoms with Gasteiger partial charge in [-0.15, -0.1) is 0 Å². The van der Waals surface area contributed by atoms with Crippen LogP contribution < -0.4 is 15.4 Å². The van der Waals surface area contributed by atoms with E-state index in [4.69, 9.17) is 5.14 Å². The number of nitrogens with two attached hydrogens (primary N) is 1. The zero-order valence-corrected chi connectivity index (χ0v) is 21.1. The van der Waals surface area contributed by atoms with Crippen molar-refractivity contribution in [3.8, 4) is 11.1 Å². The van der Waals surface area contributed by atoms with Crippen molar-refractivity contribution in [2.24, 2.45) is 5.14 Å². The van der Waals surface area contributed by atoms with Crippen LogP contribution in [-0.4, -0.2) is 51.3 Å². The summed E-state index contributed by atoms with van der Waals surface area (Å²) < 4.78 is 27.9. The minimum absolute atomic E-state index is 0.0411. The van der Waals surface area contributed by atoms with Crippen LogP contribution in [0.2, 0.25) is 0 Å². The number of sulfonamides is 1. The van der Waals surface area contributed by atoms with Gasteiger partial charge in [-0.05, 0) is 55.1 Å². The second-order valence-electron chi connectivity index (χ2n) is 9.28. The third-order valence-corrected chi connectivity index (χ3v) is 7.80. The lowest BCUT2D eigenvalue weighted by Gasteiger charge is -2.31. The number of aromatic nitrogens is 2. The van der Waals surface area contributed by atoms with Gasteiger partial charge in [-0.2, -0.15) is 5.10 Å². The Labute approximate surface area is 210 Å². The number of benzene rings is 3. The van der Waals surface area contributed by atoms with Crippen molar-refractivity contribution in [3.05, 3.63) is 78.1 Å². The van der Waals surface area contributed by atoms with Gasteiger partial charge < -0.3 is 10.2 Å². The highest BCUT2D eigenvalue weighted by Crippen LogP contribution is 2.47. The molecule has 3 aromatic carbocycles. The van der Waals surface area contributed by atoms with Crippen molar-refractivity contribution in [2.75, 3.05) is 32.1 Å². The maximum atomic E-state index is 14.2. The zero-order valence-electron chi connectivity index (χ0n) is 20.3.